The molecular formula is C12H17N3S2. The Kier molecular flexibility index (Phi) is 4.65. The molecule has 2 aromatic rings. The first-order chi connectivity index (χ1) is 8.35. The zero-order valence-corrected chi connectivity index (χ0v) is 11.8. The Labute approximate surface area is 110 Å². The molecule has 0 fully saturated rings. The van der Waals surface area contributed by atoms with Gasteiger partial charge in [-0.3, -0.25) is 0 Å². The van der Waals surface area contributed by atoms with Crippen molar-refractivity contribution in [2.75, 3.05) is 7.05 Å². The largest absolute Gasteiger partial charge is 0.312 e. The smallest absolute Gasteiger partial charge is 0.0803 e. The van der Waals surface area contributed by atoms with Gasteiger partial charge in [-0.05, 0) is 53.8 Å². The van der Waals surface area contributed by atoms with Crippen LogP contribution in [0.15, 0.2) is 16.8 Å². The highest BCUT2D eigenvalue weighted by molar-refractivity contribution is 7.08. The highest BCUT2D eigenvalue weighted by atomic mass is 32.1. The predicted octanol–water partition coefficient (Wildman–Crippen LogP) is 3.06. The van der Waals surface area contributed by atoms with Crippen molar-refractivity contribution < 1.29 is 0 Å². The molecule has 2 aromatic heterocycles. The molecule has 17 heavy (non-hydrogen) atoms. The molecule has 0 aromatic carbocycles. The number of nitrogens with zero attached hydrogens (tertiary/aromatic N) is 2. The van der Waals surface area contributed by atoms with E-state index in [0.717, 1.165) is 25.0 Å². The molecule has 0 aliphatic heterocycles. The van der Waals surface area contributed by atoms with Gasteiger partial charge in [-0.25, -0.2) is 0 Å². The summed E-state index contributed by atoms with van der Waals surface area (Å²) in [6.07, 6.45) is 3.15. The number of likely N-dealkylation sites (N-methyl/N-ethyl adjacent to an activating group) is 1. The minimum absolute atomic E-state index is 0.339. The molecule has 2 heterocycles. The van der Waals surface area contributed by atoms with Crippen molar-refractivity contribution in [1.82, 2.24) is 14.9 Å². The number of rotatable bonds is 6. The monoisotopic (exact) mass is 267 g/mol. The van der Waals surface area contributed by atoms with Gasteiger partial charge in [0.2, 0.25) is 0 Å². The van der Waals surface area contributed by atoms with Gasteiger partial charge in [0, 0.05) is 6.04 Å². The van der Waals surface area contributed by atoms with Gasteiger partial charge in [-0.1, -0.05) is 17.8 Å². The quantitative estimate of drug-likeness (QED) is 0.874. The molecule has 0 spiro atoms. The third-order valence-electron chi connectivity index (χ3n) is 2.76. The molecule has 0 aliphatic carbocycles. The lowest BCUT2D eigenvalue weighted by Gasteiger charge is -2.14. The number of aromatic nitrogens is 2. The molecule has 0 saturated carbocycles. The van der Waals surface area contributed by atoms with Crippen LogP contribution >= 0.6 is 22.9 Å². The van der Waals surface area contributed by atoms with Crippen molar-refractivity contribution in [3.63, 3.8) is 0 Å². The normalized spacial score (nSPS) is 12.8. The second kappa shape index (κ2) is 6.23. The summed E-state index contributed by atoms with van der Waals surface area (Å²) < 4.78 is 4.09. The molecule has 3 nitrogen and oxygen atoms in total. The van der Waals surface area contributed by atoms with E-state index in [4.69, 9.17) is 0 Å². The average Bonchev–Trinajstić information content (AvgIpc) is 2.97. The van der Waals surface area contributed by atoms with Gasteiger partial charge in [0.15, 0.2) is 0 Å². The lowest BCUT2D eigenvalue weighted by Crippen LogP contribution is -2.18. The average molecular weight is 267 g/mol. The van der Waals surface area contributed by atoms with Crippen LogP contribution in [0, 0.1) is 0 Å². The molecule has 0 aliphatic rings. The van der Waals surface area contributed by atoms with E-state index in [1.54, 1.807) is 11.3 Å². The molecule has 1 N–H and O–H groups in total. The predicted molar refractivity (Wildman–Crippen MR) is 73.7 cm³/mol. The number of aryl methyl sites for hydroxylation is 1. The number of hydrogen-bond donors (Lipinski definition) is 1. The Morgan fingerprint density at radius 1 is 1.47 bits per heavy atom. The van der Waals surface area contributed by atoms with Crippen molar-refractivity contribution in [2.45, 2.75) is 32.2 Å². The third kappa shape index (κ3) is 3.12. The SMILES string of the molecule is CCCc1nnsc1C(Cc1ccsc1)NC. The van der Waals surface area contributed by atoms with Gasteiger partial charge in [0.25, 0.3) is 0 Å². The molecular weight excluding hydrogens is 250 g/mol. The standard InChI is InChI=1S/C12H17N3S2/c1-3-4-10-12(17-15-14-10)11(13-2)7-9-5-6-16-8-9/h5-6,8,11,13H,3-4,7H2,1-2H3. The van der Waals surface area contributed by atoms with E-state index in [2.05, 4.69) is 38.7 Å². The fourth-order valence-electron chi connectivity index (χ4n) is 1.86. The van der Waals surface area contributed by atoms with Gasteiger partial charge in [-0.15, -0.1) is 5.10 Å². The maximum absolute atomic E-state index is 4.24. The molecule has 0 radical (unpaired) electrons. The van der Waals surface area contributed by atoms with E-state index in [1.807, 2.05) is 7.05 Å². The minimum atomic E-state index is 0.339. The summed E-state index contributed by atoms with van der Waals surface area (Å²) in [6.45, 7) is 2.18. The van der Waals surface area contributed by atoms with Crippen molar-refractivity contribution >= 4 is 22.9 Å². The van der Waals surface area contributed by atoms with Crippen LogP contribution in [-0.2, 0) is 12.8 Å². The molecule has 1 unspecified atom stereocenters. The summed E-state index contributed by atoms with van der Waals surface area (Å²) in [4.78, 5) is 1.29. The molecule has 2 rings (SSSR count). The van der Waals surface area contributed by atoms with E-state index in [1.165, 1.54) is 22.0 Å². The van der Waals surface area contributed by atoms with Gasteiger partial charge < -0.3 is 5.32 Å². The van der Waals surface area contributed by atoms with Crippen molar-refractivity contribution in [1.29, 1.82) is 0 Å². The molecule has 92 valence electrons. The van der Waals surface area contributed by atoms with E-state index < -0.39 is 0 Å². The Balaban J connectivity index is 2.14. The zero-order valence-electron chi connectivity index (χ0n) is 10.1. The van der Waals surface area contributed by atoms with Crippen LogP contribution in [-0.4, -0.2) is 16.6 Å². The van der Waals surface area contributed by atoms with Crippen LogP contribution in [0.5, 0.6) is 0 Å². The Morgan fingerprint density at radius 3 is 3.00 bits per heavy atom. The van der Waals surface area contributed by atoms with Crippen LogP contribution in [0.25, 0.3) is 0 Å². The summed E-state index contributed by atoms with van der Waals surface area (Å²) in [5.74, 6) is 0. The zero-order chi connectivity index (χ0) is 12.1. The molecule has 0 saturated heterocycles. The summed E-state index contributed by atoms with van der Waals surface area (Å²) in [6, 6.07) is 2.52. The van der Waals surface area contributed by atoms with Gasteiger partial charge in [-0.2, -0.15) is 11.3 Å². The van der Waals surface area contributed by atoms with Crippen molar-refractivity contribution in [3.05, 3.63) is 33.0 Å². The molecule has 5 heteroatoms. The van der Waals surface area contributed by atoms with E-state index in [-0.39, 0.29) is 0 Å². The van der Waals surface area contributed by atoms with Gasteiger partial charge >= 0.3 is 0 Å². The minimum Gasteiger partial charge on any atom is -0.312 e. The first-order valence-electron chi connectivity index (χ1n) is 5.84. The maximum atomic E-state index is 4.24. The number of nitrogens with one attached hydrogen (secondary N) is 1. The van der Waals surface area contributed by atoms with Crippen molar-refractivity contribution in [3.8, 4) is 0 Å². The number of hydrogen-bond acceptors (Lipinski definition) is 5. The first-order valence-corrected chi connectivity index (χ1v) is 7.56. The topological polar surface area (TPSA) is 37.8 Å². The van der Waals surface area contributed by atoms with Crippen LogP contribution in [0.3, 0.4) is 0 Å². The summed E-state index contributed by atoms with van der Waals surface area (Å²) >= 11 is 3.27. The second-order valence-corrected chi connectivity index (χ2v) is 5.58. The fraction of sp³-hybridized carbons (Fsp3) is 0.500. The van der Waals surface area contributed by atoms with E-state index >= 15 is 0 Å². The lowest BCUT2D eigenvalue weighted by atomic mass is 10.1. The Bertz CT molecular complexity index is 436. The van der Waals surface area contributed by atoms with Crippen LogP contribution in [0.1, 0.15) is 35.5 Å². The summed E-state index contributed by atoms with van der Waals surface area (Å²) in [5.41, 5.74) is 2.54. The molecule has 0 amide bonds. The van der Waals surface area contributed by atoms with Crippen molar-refractivity contribution in [2.24, 2.45) is 0 Å². The van der Waals surface area contributed by atoms with Gasteiger partial charge in [0.1, 0.15) is 0 Å². The van der Waals surface area contributed by atoms with Crippen LogP contribution in [0.4, 0.5) is 0 Å². The van der Waals surface area contributed by atoms with Crippen LogP contribution in [0.2, 0.25) is 0 Å². The molecule has 1 atom stereocenters. The number of thiophene rings is 1. The summed E-state index contributed by atoms with van der Waals surface area (Å²) in [5, 5.41) is 11.9. The lowest BCUT2D eigenvalue weighted by molar-refractivity contribution is 0.594. The highest BCUT2D eigenvalue weighted by Crippen LogP contribution is 2.25. The first kappa shape index (κ1) is 12.7. The molecule has 0 bridgehead atoms. The Hall–Kier alpha value is -0.780. The van der Waals surface area contributed by atoms with Crippen LogP contribution < -0.4 is 5.32 Å². The fourth-order valence-corrected chi connectivity index (χ4v) is 3.35. The second-order valence-electron chi connectivity index (χ2n) is 4.01. The van der Waals surface area contributed by atoms with E-state index in [9.17, 15) is 0 Å². The van der Waals surface area contributed by atoms with Gasteiger partial charge in [0.05, 0.1) is 10.6 Å². The summed E-state index contributed by atoms with van der Waals surface area (Å²) in [7, 11) is 2.01. The highest BCUT2D eigenvalue weighted by Gasteiger charge is 2.17. The third-order valence-corrected chi connectivity index (χ3v) is 4.37. The Morgan fingerprint density at radius 2 is 2.35 bits per heavy atom. The maximum Gasteiger partial charge on any atom is 0.0803 e. The van der Waals surface area contributed by atoms with E-state index in [0.29, 0.717) is 6.04 Å².